The Balaban J connectivity index is 1.93. The minimum atomic E-state index is -0.545. The van der Waals surface area contributed by atoms with Crippen molar-refractivity contribution in [2.45, 2.75) is 45.4 Å². The molecule has 1 aliphatic rings. The van der Waals surface area contributed by atoms with Crippen LogP contribution in [0.3, 0.4) is 0 Å². The maximum Gasteiger partial charge on any atom is 0.232 e. The fraction of sp³-hybridized carbons (Fsp3) is 0.571. The summed E-state index contributed by atoms with van der Waals surface area (Å²) in [5.74, 6) is 0.469. The van der Waals surface area contributed by atoms with Crippen LogP contribution in [0.1, 0.15) is 32.3 Å². The Kier molecular flexibility index (Phi) is 7.04. The summed E-state index contributed by atoms with van der Waals surface area (Å²) in [4.78, 5) is 4.41. The molecule has 1 unspecified atom stereocenters. The summed E-state index contributed by atoms with van der Waals surface area (Å²) in [6.45, 7) is 7.22. The standard InChI is InChI=1S/C21H30FN3O3/c1-4-24(5-2)21-19(13-25(17-10-11-17)12-18(26)14-27-3)20(23-28-21)15-6-8-16(22)9-7-15/h6-9,17-18,26H,4-5,10-14H2,1-3H3. The molecule has 0 amide bonds. The third-order valence-corrected chi connectivity index (χ3v) is 5.16. The molecular weight excluding hydrogens is 361 g/mol. The highest BCUT2D eigenvalue weighted by molar-refractivity contribution is 5.68. The fourth-order valence-corrected chi connectivity index (χ4v) is 3.54. The van der Waals surface area contributed by atoms with Gasteiger partial charge in [0.1, 0.15) is 11.5 Å². The summed E-state index contributed by atoms with van der Waals surface area (Å²) in [5, 5.41) is 14.6. The summed E-state index contributed by atoms with van der Waals surface area (Å²) >= 11 is 0. The van der Waals surface area contributed by atoms with Crippen LogP contribution < -0.4 is 4.90 Å². The zero-order valence-corrected chi connectivity index (χ0v) is 16.9. The molecule has 0 bridgehead atoms. The Labute approximate surface area is 165 Å². The highest BCUT2D eigenvalue weighted by atomic mass is 19.1. The number of aliphatic hydroxyl groups is 1. The lowest BCUT2D eigenvalue weighted by molar-refractivity contribution is 0.0337. The van der Waals surface area contributed by atoms with Crippen LogP contribution in [0.4, 0.5) is 10.3 Å². The first-order valence-corrected chi connectivity index (χ1v) is 9.97. The van der Waals surface area contributed by atoms with Gasteiger partial charge in [-0.1, -0.05) is 5.16 Å². The lowest BCUT2D eigenvalue weighted by atomic mass is 10.1. The molecule has 2 aromatic rings. The molecule has 1 aromatic heterocycles. The number of benzene rings is 1. The third-order valence-electron chi connectivity index (χ3n) is 5.16. The van der Waals surface area contributed by atoms with E-state index in [4.69, 9.17) is 9.26 Å². The van der Waals surface area contributed by atoms with Crippen LogP contribution in [0, 0.1) is 5.82 Å². The molecule has 1 aromatic carbocycles. The van der Waals surface area contributed by atoms with Crippen molar-refractivity contribution in [3.63, 3.8) is 0 Å². The van der Waals surface area contributed by atoms with Crippen molar-refractivity contribution in [3.05, 3.63) is 35.6 Å². The predicted molar refractivity (Wildman–Crippen MR) is 107 cm³/mol. The quantitative estimate of drug-likeness (QED) is 0.634. The van der Waals surface area contributed by atoms with Gasteiger partial charge in [-0.25, -0.2) is 4.39 Å². The van der Waals surface area contributed by atoms with E-state index in [1.807, 2.05) is 0 Å². The molecule has 1 atom stereocenters. The molecule has 7 heteroatoms. The highest BCUT2D eigenvalue weighted by Crippen LogP contribution is 2.36. The van der Waals surface area contributed by atoms with Crippen molar-refractivity contribution in [1.82, 2.24) is 10.1 Å². The number of hydrogen-bond donors (Lipinski definition) is 1. The van der Waals surface area contributed by atoms with E-state index in [1.165, 1.54) is 12.1 Å². The predicted octanol–water partition coefficient (Wildman–Crippen LogP) is 3.30. The van der Waals surface area contributed by atoms with Crippen LogP contribution >= 0.6 is 0 Å². The van der Waals surface area contributed by atoms with Crippen LogP contribution in [0.5, 0.6) is 0 Å². The third kappa shape index (κ3) is 4.90. The number of anilines is 1. The van der Waals surface area contributed by atoms with Crippen molar-refractivity contribution in [2.24, 2.45) is 0 Å². The number of hydrogen-bond acceptors (Lipinski definition) is 6. The highest BCUT2D eigenvalue weighted by Gasteiger charge is 2.33. The second-order valence-electron chi connectivity index (χ2n) is 7.26. The molecule has 154 valence electrons. The van der Waals surface area contributed by atoms with Crippen LogP contribution in [0.2, 0.25) is 0 Å². The molecule has 28 heavy (non-hydrogen) atoms. The van der Waals surface area contributed by atoms with Crippen LogP contribution in [-0.4, -0.2) is 60.7 Å². The largest absolute Gasteiger partial charge is 0.389 e. The molecule has 3 rings (SSSR count). The van der Waals surface area contributed by atoms with Gasteiger partial charge in [0.25, 0.3) is 0 Å². The summed E-state index contributed by atoms with van der Waals surface area (Å²) in [6.07, 6.45) is 1.70. The molecule has 6 nitrogen and oxygen atoms in total. The van der Waals surface area contributed by atoms with Crippen LogP contribution in [0.25, 0.3) is 11.3 Å². The van der Waals surface area contributed by atoms with Crippen molar-refractivity contribution < 1.29 is 18.8 Å². The van der Waals surface area contributed by atoms with E-state index in [-0.39, 0.29) is 5.82 Å². The molecule has 0 spiro atoms. The summed E-state index contributed by atoms with van der Waals surface area (Å²) in [7, 11) is 1.59. The van der Waals surface area contributed by atoms with E-state index in [9.17, 15) is 9.50 Å². The van der Waals surface area contributed by atoms with Crippen molar-refractivity contribution in [2.75, 3.05) is 38.3 Å². The number of rotatable bonds is 11. The van der Waals surface area contributed by atoms with Gasteiger partial charge in [-0.3, -0.25) is 4.90 Å². The zero-order chi connectivity index (χ0) is 20.1. The molecule has 1 saturated carbocycles. The molecule has 1 heterocycles. The Hall–Kier alpha value is -1.96. The van der Waals surface area contributed by atoms with Gasteiger partial charge in [0, 0.05) is 44.9 Å². The minimum absolute atomic E-state index is 0.278. The van der Waals surface area contributed by atoms with Gasteiger partial charge < -0.3 is 19.3 Å². The van der Waals surface area contributed by atoms with Crippen molar-refractivity contribution in [3.8, 4) is 11.3 Å². The van der Waals surface area contributed by atoms with Crippen molar-refractivity contribution in [1.29, 1.82) is 0 Å². The number of aromatic nitrogens is 1. The molecule has 1 N–H and O–H groups in total. The number of aliphatic hydroxyl groups excluding tert-OH is 1. The number of methoxy groups -OCH3 is 1. The normalized spacial score (nSPS) is 15.2. The van der Waals surface area contributed by atoms with Gasteiger partial charge in [0.2, 0.25) is 5.88 Å². The van der Waals surface area contributed by atoms with E-state index in [0.29, 0.717) is 25.7 Å². The average molecular weight is 391 g/mol. The van der Waals surface area contributed by atoms with Gasteiger partial charge in [-0.05, 0) is 51.0 Å². The molecule has 1 fully saturated rings. The van der Waals surface area contributed by atoms with Crippen LogP contribution in [-0.2, 0) is 11.3 Å². The summed E-state index contributed by atoms with van der Waals surface area (Å²) in [6, 6.07) is 6.78. The molecule has 0 saturated heterocycles. The van der Waals surface area contributed by atoms with E-state index in [0.717, 1.165) is 48.6 Å². The molecule has 0 aliphatic heterocycles. The maximum atomic E-state index is 13.4. The molecule has 1 aliphatic carbocycles. The Morgan fingerprint density at radius 2 is 1.93 bits per heavy atom. The number of ether oxygens (including phenoxy) is 1. The van der Waals surface area contributed by atoms with E-state index >= 15 is 0 Å². The Morgan fingerprint density at radius 1 is 1.25 bits per heavy atom. The summed E-state index contributed by atoms with van der Waals surface area (Å²) < 4.78 is 24.2. The van der Waals surface area contributed by atoms with Gasteiger partial charge in [0.15, 0.2) is 0 Å². The van der Waals surface area contributed by atoms with Gasteiger partial charge in [-0.15, -0.1) is 0 Å². The Bertz CT molecular complexity index is 742. The number of halogens is 1. The average Bonchev–Trinajstić information content (AvgIpc) is 3.46. The smallest absolute Gasteiger partial charge is 0.232 e. The molecular formula is C21H30FN3O3. The second-order valence-corrected chi connectivity index (χ2v) is 7.26. The zero-order valence-electron chi connectivity index (χ0n) is 16.9. The van der Waals surface area contributed by atoms with Crippen molar-refractivity contribution >= 4 is 5.88 Å². The van der Waals surface area contributed by atoms with Gasteiger partial charge >= 0.3 is 0 Å². The lowest BCUT2D eigenvalue weighted by Gasteiger charge is -2.26. The first kappa shape index (κ1) is 20.8. The van der Waals surface area contributed by atoms with E-state index < -0.39 is 6.10 Å². The second kappa shape index (κ2) is 9.49. The fourth-order valence-electron chi connectivity index (χ4n) is 3.54. The first-order valence-electron chi connectivity index (χ1n) is 9.97. The molecule has 0 radical (unpaired) electrons. The first-order chi connectivity index (χ1) is 13.6. The van der Waals surface area contributed by atoms with Gasteiger partial charge in [0.05, 0.1) is 18.3 Å². The summed E-state index contributed by atoms with van der Waals surface area (Å²) in [5.41, 5.74) is 2.53. The van der Waals surface area contributed by atoms with E-state index in [1.54, 1.807) is 19.2 Å². The monoisotopic (exact) mass is 391 g/mol. The Morgan fingerprint density at radius 3 is 2.50 bits per heavy atom. The van der Waals surface area contributed by atoms with E-state index in [2.05, 4.69) is 28.8 Å². The SMILES string of the molecule is CCN(CC)c1onc(-c2ccc(F)cc2)c1CN(CC(O)COC)C1CC1. The number of nitrogens with zero attached hydrogens (tertiary/aromatic N) is 3. The minimum Gasteiger partial charge on any atom is -0.389 e. The van der Waals surface area contributed by atoms with Crippen LogP contribution in [0.15, 0.2) is 28.8 Å². The topological polar surface area (TPSA) is 62.0 Å². The van der Waals surface area contributed by atoms with Gasteiger partial charge in [-0.2, -0.15) is 0 Å². The lowest BCUT2D eigenvalue weighted by Crippen LogP contribution is -2.36. The maximum absolute atomic E-state index is 13.4.